The molecule has 5 heteroatoms. The number of aromatic nitrogens is 1. The Hall–Kier alpha value is -1.62. The quantitative estimate of drug-likeness (QED) is 0.850. The van der Waals surface area contributed by atoms with E-state index in [1.165, 1.54) is 11.1 Å². The number of nitrogens with one attached hydrogen (secondary N) is 1. The first-order valence-electron chi connectivity index (χ1n) is 7.96. The van der Waals surface area contributed by atoms with Gasteiger partial charge in [0.25, 0.3) is 0 Å². The molecule has 0 saturated carbocycles. The third-order valence-corrected chi connectivity index (χ3v) is 4.38. The fourth-order valence-electron chi connectivity index (χ4n) is 2.86. The summed E-state index contributed by atoms with van der Waals surface area (Å²) in [6.07, 6.45) is 1.72. The van der Waals surface area contributed by atoms with Gasteiger partial charge in [0.05, 0.1) is 19.3 Å². The number of hydrogen-bond acceptors (Lipinski definition) is 4. The molecular weight excluding hydrogens is 310 g/mol. The van der Waals surface area contributed by atoms with Gasteiger partial charge in [0.1, 0.15) is 5.15 Å². The van der Waals surface area contributed by atoms with Crippen LogP contribution in [0.3, 0.4) is 0 Å². The van der Waals surface area contributed by atoms with Crippen molar-refractivity contribution in [1.82, 2.24) is 9.88 Å². The van der Waals surface area contributed by atoms with Crippen LogP contribution in [0.4, 0.5) is 5.69 Å². The van der Waals surface area contributed by atoms with E-state index in [4.69, 9.17) is 16.3 Å². The van der Waals surface area contributed by atoms with Gasteiger partial charge in [-0.05, 0) is 24.6 Å². The molecule has 3 rings (SSSR count). The average molecular weight is 332 g/mol. The van der Waals surface area contributed by atoms with Crippen LogP contribution in [-0.2, 0) is 4.74 Å². The molecule has 1 aromatic heterocycles. The van der Waals surface area contributed by atoms with Gasteiger partial charge in [0.2, 0.25) is 0 Å². The van der Waals surface area contributed by atoms with E-state index in [2.05, 4.69) is 46.4 Å². The van der Waals surface area contributed by atoms with E-state index in [1.807, 2.05) is 12.1 Å². The maximum Gasteiger partial charge on any atom is 0.131 e. The fraction of sp³-hybridized carbons (Fsp3) is 0.389. The van der Waals surface area contributed by atoms with Crippen molar-refractivity contribution >= 4 is 17.3 Å². The van der Waals surface area contributed by atoms with Crippen LogP contribution in [0.2, 0.25) is 5.15 Å². The summed E-state index contributed by atoms with van der Waals surface area (Å²) in [6.45, 7) is 6.44. The third-order valence-electron chi connectivity index (χ3n) is 4.17. The van der Waals surface area contributed by atoms with E-state index in [0.717, 1.165) is 38.5 Å². The molecule has 1 aliphatic heterocycles. The molecule has 4 nitrogen and oxygen atoms in total. The summed E-state index contributed by atoms with van der Waals surface area (Å²) in [6, 6.07) is 12.9. The molecule has 0 bridgehead atoms. The van der Waals surface area contributed by atoms with Crippen molar-refractivity contribution in [3.8, 4) is 0 Å². The normalized spacial score (nSPS) is 17.0. The van der Waals surface area contributed by atoms with Crippen molar-refractivity contribution < 1.29 is 4.74 Å². The predicted octanol–water partition coefficient (Wildman–Crippen LogP) is 3.53. The van der Waals surface area contributed by atoms with Crippen molar-refractivity contribution in [2.75, 3.05) is 38.2 Å². The van der Waals surface area contributed by atoms with Gasteiger partial charge in [-0.15, -0.1) is 0 Å². The smallest absolute Gasteiger partial charge is 0.131 e. The summed E-state index contributed by atoms with van der Waals surface area (Å²) >= 11 is 5.97. The topological polar surface area (TPSA) is 37.4 Å². The first-order valence-corrected chi connectivity index (χ1v) is 8.34. The lowest BCUT2D eigenvalue weighted by Crippen LogP contribution is -2.41. The molecular formula is C18H22ClN3O. The second-order valence-electron chi connectivity index (χ2n) is 5.82. The molecule has 1 atom stereocenters. The Balaban J connectivity index is 1.75. The second-order valence-corrected chi connectivity index (χ2v) is 6.21. The summed E-state index contributed by atoms with van der Waals surface area (Å²) in [5.41, 5.74) is 3.60. The Morgan fingerprint density at radius 2 is 1.96 bits per heavy atom. The van der Waals surface area contributed by atoms with Crippen molar-refractivity contribution in [3.05, 3.63) is 58.9 Å². The summed E-state index contributed by atoms with van der Waals surface area (Å²) < 4.78 is 5.50. The zero-order chi connectivity index (χ0) is 16.1. The summed E-state index contributed by atoms with van der Waals surface area (Å²) in [4.78, 5) is 6.50. The summed E-state index contributed by atoms with van der Waals surface area (Å²) in [5, 5.41) is 4.00. The van der Waals surface area contributed by atoms with Gasteiger partial charge in [0.15, 0.2) is 0 Å². The van der Waals surface area contributed by atoms with E-state index >= 15 is 0 Å². The van der Waals surface area contributed by atoms with Crippen LogP contribution in [0.5, 0.6) is 0 Å². The van der Waals surface area contributed by atoms with Crippen LogP contribution in [0.1, 0.15) is 17.2 Å². The maximum atomic E-state index is 5.97. The average Bonchev–Trinajstić information content (AvgIpc) is 2.58. The summed E-state index contributed by atoms with van der Waals surface area (Å²) in [5.74, 6) is 0. The minimum absolute atomic E-state index is 0.312. The molecule has 1 fully saturated rings. The molecule has 1 N–H and O–H groups in total. The molecule has 1 aliphatic rings. The first kappa shape index (κ1) is 16.2. The Morgan fingerprint density at radius 3 is 2.65 bits per heavy atom. The third kappa shape index (κ3) is 4.44. The number of morpholine rings is 1. The molecule has 0 radical (unpaired) electrons. The minimum atomic E-state index is 0.312. The van der Waals surface area contributed by atoms with Crippen LogP contribution >= 0.6 is 11.6 Å². The van der Waals surface area contributed by atoms with Crippen LogP contribution in [0.15, 0.2) is 42.6 Å². The van der Waals surface area contributed by atoms with Crippen molar-refractivity contribution in [3.63, 3.8) is 0 Å². The van der Waals surface area contributed by atoms with Crippen LogP contribution in [0.25, 0.3) is 0 Å². The van der Waals surface area contributed by atoms with E-state index in [-0.39, 0.29) is 0 Å². The highest BCUT2D eigenvalue weighted by atomic mass is 35.5. The van der Waals surface area contributed by atoms with Gasteiger partial charge in [-0.1, -0.05) is 41.4 Å². The second kappa shape index (κ2) is 7.77. The monoisotopic (exact) mass is 331 g/mol. The van der Waals surface area contributed by atoms with E-state index < -0.39 is 0 Å². The van der Waals surface area contributed by atoms with Gasteiger partial charge >= 0.3 is 0 Å². The number of anilines is 1. The van der Waals surface area contributed by atoms with Crippen molar-refractivity contribution in [2.24, 2.45) is 0 Å². The molecule has 1 unspecified atom stereocenters. The number of benzene rings is 1. The molecule has 1 saturated heterocycles. The predicted molar refractivity (Wildman–Crippen MR) is 94.0 cm³/mol. The number of pyridine rings is 1. The lowest BCUT2D eigenvalue weighted by molar-refractivity contribution is 0.0187. The Labute approximate surface area is 142 Å². The maximum absolute atomic E-state index is 5.97. The molecule has 2 heterocycles. The lowest BCUT2D eigenvalue weighted by atomic mass is 10.0. The number of rotatable bonds is 5. The number of nitrogens with zero attached hydrogens (tertiary/aromatic N) is 2. The SMILES string of the molecule is Cc1ccc(C(CNc2ccnc(Cl)c2)N2CCOCC2)cc1. The van der Waals surface area contributed by atoms with E-state index in [0.29, 0.717) is 11.2 Å². The molecule has 122 valence electrons. The van der Waals surface area contributed by atoms with Gasteiger partial charge in [-0.25, -0.2) is 4.98 Å². The zero-order valence-corrected chi connectivity index (χ0v) is 14.1. The Kier molecular flexibility index (Phi) is 5.49. The molecule has 0 spiro atoms. The minimum Gasteiger partial charge on any atom is -0.383 e. The highest BCUT2D eigenvalue weighted by molar-refractivity contribution is 6.29. The van der Waals surface area contributed by atoms with Gasteiger partial charge in [-0.2, -0.15) is 0 Å². The Morgan fingerprint density at radius 1 is 1.22 bits per heavy atom. The van der Waals surface area contributed by atoms with Crippen LogP contribution in [-0.4, -0.2) is 42.7 Å². The van der Waals surface area contributed by atoms with Crippen molar-refractivity contribution in [1.29, 1.82) is 0 Å². The lowest BCUT2D eigenvalue weighted by Gasteiger charge is -2.35. The van der Waals surface area contributed by atoms with Crippen LogP contribution in [0, 0.1) is 6.92 Å². The number of ether oxygens (including phenoxy) is 1. The van der Waals surface area contributed by atoms with Gasteiger partial charge < -0.3 is 10.1 Å². The molecule has 0 amide bonds. The zero-order valence-electron chi connectivity index (χ0n) is 13.3. The number of hydrogen-bond donors (Lipinski definition) is 1. The molecule has 0 aliphatic carbocycles. The first-order chi connectivity index (χ1) is 11.2. The summed E-state index contributed by atoms with van der Waals surface area (Å²) in [7, 11) is 0. The number of aryl methyl sites for hydroxylation is 1. The largest absolute Gasteiger partial charge is 0.383 e. The fourth-order valence-corrected chi connectivity index (χ4v) is 3.04. The van der Waals surface area contributed by atoms with E-state index in [1.54, 1.807) is 6.20 Å². The highest BCUT2D eigenvalue weighted by Crippen LogP contribution is 2.23. The molecule has 2 aromatic rings. The van der Waals surface area contributed by atoms with Crippen LogP contribution < -0.4 is 5.32 Å². The van der Waals surface area contributed by atoms with Gasteiger partial charge in [-0.3, -0.25) is 4.90 Å². The number of halogens is 1. The molecule has 1 aromatic carbocycles. The standard InChI is InChI=1S/C18H22ClN3O/c1-14-2-4-15(5-3-14)17(22-8-10-23-11-9-22)13-21-16-6-7-20-18(19)12-16/h2-7,12,17H,8-11,13H2,1H3,(H,20,21). The molecule has 23 heavy (non-hydrogen) atoms. The highest BCUT2D eigenvalue weighted by Gasteiger charge is 2.22. The van der Waals surface area contributed by atoms with Gasteiger partial charge in [0, 0.05) is 31.5 Å². The van der Waals surface area contributed by atoms with Crippen molar-refractivity contribution in [2.45, 2.75) is 13.0 Å². The Bertz CT molecular complexity index is 626. The van der Waals surface area contributed by atoms with E-state index in [9.17, 15) is 0 Å².